The van der Waals surface area contributed by atoms with Crippen LogP contribution in [0.2, 0.25) is 0 Å². The lowest BCUT2D eigenvalue weighted by molar-refractivity contribution is -0.137. The first-order valence-electron chi connectivity index (χ1n) is 6.91. The van der Waals surface area contributed by atoms with Crippen molar-refractivity contribution >= 4 is 27.5 Å². The van der Waals surface area contributed by atoms with Crippen LogP contribution in [0.4, 0.5) is 13.2 Å². The Hall–Kier alpha value is -2.55. The zero-order valence-corrected chi connectivity index (χ0v) is 14.1. The summed E-state index contributed by atoms with van der Waals surface area (Å²) in [5.41, 5.74) is 1.58. The van der Waals surface area contributed by atoms with Crippen LogP contribution < -0.4 is 5.43 Å². The van der Waals surface area contributed by atoms with Crippen molar-refractivity contribution in [3.8, 4) is 0 Å². The molecule has 2 aromatic carbocycles. The number of nitroso groups, excluding NO2 is 1. The number of hydrazone groups is 1. The van der Waals surface area contributed by atoms with Gasteiger partial charge in [0.05, 0.1) is 16.8 Å². The first-order chi connectivity index (χ1) is 11.8. The van der Waals surface area contributed by atoms with E-state index >= 15 is 0 Å². The zero-order valence-electron chi connectivity index (χ0n) is 12.5. The highest BCUT2D eigenvalue weighted by molar-refractivity contribution is 9.10. The summed E-state index contributed by atoms with van der Waals surface area (Å²) in [5, 5.41) is 6.41. The molecule has 0 unspecified atom stereocenters. The largest absolute Gasteiger partial charge is 0.416 e. The third-order valence-electron chi connectivity index (χ3n) is 3.15. The van der Waals surface area contributed by atoms with Crippen molar-refractivity contribution in [2.24, 2.45) is 10.3 Å². The second kappa shape index (κ2) is 8.02. The summed E-state index contributed by atoms with van der Waals surface area (Å²) in [7, 11) is 0. The van der Waals surface area contributed by atoms with E-state index in [2.05, 4.69) is 31.6 Å². The molecule has 0 saturated heterocycles. The Kier molecular flexibility index (Phi) is 6.02. The van der Waals surface area contributed by atoms with Crippen molar-refractivity contribution in [1.29, 1.82) is 0 Å². The van der Waals surface area contributed by atoms with Gasteiger partial charge in [-0.05, 0) is 40.2 Å². The average Bonchev–Trinajstić information content (AvgIpc) is 2.58. The molecule has 5 nitrogen and oxygen atoms in total. The van der Waals surface area contributed by atoms with Crippen molar-refractivity contribution in [3.05, 3.63) is 74.6 Å². The molecule has 9 heteroatoms. The Labute approximate surface area is 149 Å². The highest BCUT2D eigenvalue weighted by atomic mass is 79.9. The number of hydrogen-bond acceptors (Lipinski definition) is 4. The topological polar surface area (TPSA) is 70.9 Å². The molecule has 2 aromatic rings. The molecule has 1 N–H and O–H groups in total. The number of amides is 1. The fourth-order valence-corrected chi connectivity index (χ4v) is 2.42. The van der Waals surface area contributed by atoms with Crippen molar-refractivity contribution in [2.45, 2.75) is 6.18 Å². The zero-order chi connectivity index (χ0) is 18.4. The molecule has 0 fully saturated rings. The highest BCUT2D eigenvalue weighted by Gasteiger charge is 2.30. The van der Waals surface area contributed by atoms with Crippen LogP contribution in [0.3, 0.4) is 0 Å². The average molecular weight is 414 g/mol. The summed E-state index contributed by atoms with van der Waals surface area (Å²) in [6, 6.07) is 10.8. The van der Waals surface area contributed by atoms with Gasteiger partial charge in [0.15, 0.2) is 0 Å². The van der Waals surface area contributed by atoms with Crippen LogP contribution >= 0.6 is 15.9 Å². The number of carbonyl (C=O) groups excluding carboxylic acids is 1. The molecule has 0 spiro atoms. The first-order valence-corrected chi connectivity index (χ1v) is 7.70. The van der Waals surface area contributed by atoms with Gasteiger partial charge in [-0.15, -0.1) is 0 Å². The van der Waals surface area contributed by atoms with Crippen LogP contribution in [0, 0.1) is 4.91 Å². The number of rotatable bonds is 5. The molecule has 0 aliphatic heterocycles. The fourth-order valence-electron chi connectivity index (χ4n) is 1.95. The SMILES string of the molecule is O=NCC(=NNC(=O)c1ccccc1Br)c1cccc(C(F)(F)F)c1. The number of alkyl halides is 3. The molecule has 0 aliphatic rings. The molecule has 0 radical (unpaired) electrons. The van der Waals surface area contributed by atoms with Gasteiger partial charge in [0.2, 0.25) is 0 Å². The molecule has 25 heavy (non-hydrogen) atoms. The van der Waals surface area contributed by atoms with Crippen LogP contribution in [0.5, 0.6) is 0 Å². The quantitative estimate of drug-likeness (QED) is 0.449. The van der Waals surface area contributed by atoms with Crippen molar-refractivity contribution in [1.82, 2.24) is 5.43 Å². The van der Waals surface area contributed by atoms with E-state index in [0.29, 0.717) is 4.47 Å². The Morgan fingerprint density at radius 3 is 2.48 bits per heavy atom. The number of benzene rings is 2. The highest BCUT2D eigenvalue weighted by Crippen LogP contribution is 2.29. The third-order valence-corrected chi connectivity index (χ3v) is 3.84. The lowest BCUT2D eigenvalue weighted by Gasteiger charge is -2.09. The van der Waals surface area contributed by atoms with Gasteiger partial charge in [-0.3, -0.25) is 4.79 Å². The van der Waals surface area contributed by atoms with E-state index < -0.39 is 24.2 Å². The van der Waals surface area contributed by atoms with Gasteiger partial charge < -0.3 is 0 Å². The van der Waals surface area contributed by atoms with Crippen molar-refractivity contribution in [2.75, 3.05) is 6.54 Å². The minimum absolute atomic E-state index is 0.0434. The minimum atomic E-state index is -4.53. The molecule has 0 aromatic heterocycles. The first kappa shape index (κ1) is 18.8. The van der Waals surface area contributed by atoms with Gasteiger partial charge in [0.25, 0.3) is 5.91 Å². The Bertz CT molecular complexity index is 822. The van der Waals surface area contributed by atoms with E-state index in [1.165, 1.54) is 18.2 Å². The molecule has 0 heterocycles. The molecular weight excluding hydrogens is 403 g/mol. The van der Waals surface area contributed by atoms with Crippen LogP contribution in [0.25, 0.3) is 0 Å². The van der Waals surface area contributed by atoms with Gasteiger partial charge in [0, 0.05) is 10.0 Å². The van der Waals surface area contributed by atoms with Crippen molar-refractivity contribution in [3.63, 3.8) is 0 Å². The molecule has 0 bridgehead atoms. The molecule has 0 aliphatic carbocycles. The van der Waals surface area contributed by atoms with E-state index in [-0.39, 0.29) is 16.8 Å². The normalized spacial score (nSPS) is 11.9. The predicted octanol–water partition coefficient (Wildman–Crippen LogP) is 4.37. The molecule has 0 atom stereocenters. The van der Waals surface area contributed by atoms with Crippen LogP contribution in [0.1, 0.15) is 21.5 Å². The smallest absolute Gasteiger partial charge is 0.267 e. The monoisotopic (exact) mass is 413 g/mol. The Morgan fingerprint density at radius 2 is 1.84 bits per heavy atom. The second-order valence-electron chi connectivity index (χ2n) is 4.85. The lowest BCUT2D eigenvalue weighted by Crippen LogP contribution is -2.21. The second-order valence-corrected chi connectivity index (χ2v) is 5.70. The molecule has 130 valence electrons. The number of carbonyl (C=O) groups is 1. The molecule has 1 amide bonds. The van der Waals surface area contributed by atoms with Gasteiger partial charge in [-0.1, -0.05) is 29.4 Å². The summed E-state index contributed by atoms with van der Waals surface area (Å²) in [4.78, 5) is 22.7. The van der Waals surface area contributed by atoms with E-state index in [0.717, 1.165) is 12.1 Å². The third kappa shape index (κ3) is 4.96. The number of hydrogen-bond donors (Lipinski definition) is 1. The van der Waals surface area contributed by atoms with Gasteiger partial charge in [0.1, 0.15) is 6.54 Å². The summed E-state index contributed by atoms with van der Waals surface area (Å²) >= 11 is 3.21. The summed E-state index contributed by atoms with van der Waals surface area (Å²) in [6.45, 7) is -0.489. The number of nitrogens with one attached hydrogen (secondary N) is 1. The maximum Gasteiger partial charge on any atom is 0.416 e. The summed E-state index contributed by atoms with van der Waals surface area (Å²) in [5.74, 6) is -0.581. The van der Waals surface area contributed by atoms with Gasteiger partial charge in [-0.2, -0.15) is 23.2 Å². The van der Waals surface area contributed by atoms with E-state index in [1.807, 2.05) is 0 Å². The number of halogens is 4. The van der Waals surface area contributed by atoms with E-state index in [9.17, 15) is 22.9 Å². The maximum atomic E-state index is 12.8. The van der Waals surface area contributed by atoms with Gasteiger partial charge in [-0.25, -0.2) is 5.43 Å². The van der Waals surface area contributed by atoms with Crippen LogP contribution in [-0.2, 0) is 6.18 Å². The summed E-state index contributed by atoms with van der Waals surface area (Å²) in [6.07, 6.45) is -4.53. The van der Waals surface area contributed by atoms with Crippen molar-refractivity contribution < 1.29 is 18.0 Å². The lowest BCUT2D eigenvalue weighted by atomic mass is 10.1. The van der Waals surface area contributed by atoms with Crippen LogP contribution in [-0.4, -0.2) is 18.2 Å². The Morgan fingerprint density at radius 1 is 1.12 bits per heavy atom. The maximum absolute atomic E-state index is 12.8. The molecule has 0 saturated carbocycles. The van der Waals surface area contributed by atoms with E-state index in [1.54, 1.807) is 18.2 Å². The fraction of sp³-hybridized carbons (Fsp3) is 0.125. The number of nitrogens with zero attached hydrogens (tertiary/aromatic N) is 2. The van der Waals surface area contributed by atoms with Crippen LogP contribution in [0.15, 0.2) is 63.3 Å². The minimum Gasteiger partial charge on any atom is -0.267 e. The Balaban J connectivity index is 2.29. The van der Waals surface area contributed by atoms with Gasteiger partial charge >= 0.3 is 6.18 Å². The molecule has 2 rings (SSSR count). The van der Waals surface area contributed by atoms with E-state index in [4.69, 9.17) is 0 Å². The predicted molar refractivity (Wildman–Crippen MR) is 90.3 cm³/mol. The summed E-state index contributed by atoms with van der Waals surface area (Å²) < 4.78 is 38.9. The molecular formula is C16H11BrF3N3O2. The standard InChI is InChI=1S/C16H11BrF3N3O2/c17-13-7-2-1-6-12(13)15(24)23-22-14(9-21-25)10-4-3-5-11(8-10)16(18,19)20/h1-8H,9H2,(H,23,24).